The number of hydrogen-bond donors (Lipinski definition) is 0. The van der Waals surface area contributed by atoms with Crippen molar-refractivity contribution in [3.05, 3.63) is 70.9 Å². The second-order valence-electron chi connectivity index (χ2n) is 5.34. The summed E-state index contributed by atoms with van der Waals surface area (Å²) in [5.74, 6) is -1.52. The van der Waals surface area contributed by atoms with Crippen molar-refractivity contribution in [2.75, 3.05) is 4.90 Å². The van der Waals surface area contributed by atoms with Crippen LogP contribution in [0.1, 0.15) is 23.2 Å². The zero-order chi connectivity index (χ0) is 19.4. The lowest BCUT2D eigenvalue weighted by Gasteiger charge is -2.18. The van der Waals surface area contributed by atoms with Crippen LogP contribution in [0.15, 0.2) is 58.0 Å². The Morgan fingerprint density at radius 1 is 1.30 bits per heavy atom. The van der Waals surface area contributed by atoms with Gasteiger partial charge in [0.15, 0.2) is 10.9 Å². The Labute approximate surface area is 157 Å². The maximum absolute atomic E-state index is 14.1. The van der Waals surface area contributed by atoms with Crippen LogP contribution in [0.5, 0.6) is 0 Å². The van der Waals surface area contributed by atoms with E-state index < -0.39 is 17.5 Å². The first kappa shape index (κ1) is 18.2. The van der Waals surface area contributed by atoms with Crippen LogP contribution in [0.25, 0.3) is 6.08 Å². The van der Waals surface area contributed by atoms with Gasteiger partial charge < -0.3 is 4.42 Å². The summed E-state index contributed by atoms with van der Waals surface area (Å²) in [4.78, 5) is 29.7. The molecule has 0 aliphatic heterocycles. The minimum Gasteiger partial charge on any atom is -0.461 e. The smallest absolute Gasteiger partial charge is 0.238 e. The number of nitriles is 1. The Kier molecular flexibility index (Phi) is 5.24. The van der Waals surface area contributed by atoms with E-state index in [0.717, 1.165) is 16.2 Å². The van der Waals surface area contributed by atoms with Gasteiger partial charge in [-0.05, 0) is 30.3 Å². The van der Waals surface area contributed by atoms with E-state index in [-0.39, 0.29) is 22.2 Å². The van der Waals surface area contributed by atoms with Crippen LogP contribution in [0.2, 0.25) is 0 Å². The Hall–Kier alpha value is -3.57. The molecule has 2 heterocycles. The molecule has 0 fully saturated rings. The summed E-state index contributed by atoms with van der Waals surface area (Å²) in [5, 5.41) is 11.0. The number of anilines is 2. The molecule has 0 aliphatic rings. The van der Waals surface area contributed by atoms with Gasteiger partial charge in [0, 0.05) is 12.3 Å². The van der Waals surface area contributed by atoms with Crippen LogP contribution in [-0.2, 0) is 4.79 Å². The van der Waals surface area contributed by atoms with Crippen molar-refractivity contribution in [2.24, 2.45) is 0 Å². The molecule has 2 aromatic heterocycles. The van der Waals surface area contributed by atoms with Crippen molar-refractivity contribution in [1.29, 1.82) is 5.26 Å². The maximum atomic E-state index is 14.1. The SMILES string of the molecule is CC(=O)N(c1nc(/C=C(\C#N)C(=O)c2ccco2)cs1)c1ccccc1F. The maximum Gasteiger partial charge on any atom is 0.238 e. The van der Waals surface area contributed by atoms with Gasteiger partial charge in [-0.15, -0.1) is 11.3 Å². The molecule has 0 aliphatic carbocycles. The molecule has 0 spiro atoms. The number of ketones is 1. The molecule has 3 aromatic rings. The first-order chi connectivity index (χ1) is 13.0. The molecule has 0 saturated carbocycles. The van der Waals surface area contributed by atoms with E-state index in [4.69, 9.17) is 4.42 Å². The van der Waals surface area contributed by atoms with E-state index in [0.29, 0.717) is 5.69 Å². The number of amides is 1. The molecule has 1 amide bonds. The van der Waals surface area contributed by atoms with Crippen LogP contribution in [0.3, 0.4) is 0 Å². The van der Waals surface area contributed by atoms with Crippen molar-refractivity contribution in [2.45, 2.75) is 6.92 Å². The fraction of sp³-hybridized carbons (Fsp3) is 0.0526. The van der Waals surface area contributed by atoms with Crippen molar-refractivity contribution in [3.8, 4) is 6.07 Å². The van der Waals surface area contributed by atoms with Gasteiger partial charge in [-0.25, -0.2) is 9.37 Å². The van der Waals surface area contributed by atoms with Gasteiger partial charge in [0.05, 0.1) is 17.6 Å². The molecule has 27 heavy (non-hydrogen) atoms. The highest BCUT2D eigenvalue weighted by Gasteiger charge is 2.21. The molecular weight excluding hydrogens is 369 g/mol. The number of Topliss-reactive ketones (excluding diaryl/α,β-unsaturated/α-hetero) is 1. The lowest BCUT2D eigenvalue weighted by molar-refractivity contribution is -0.115. The van der Waals surface area contributed by atoms with E-state index in [1.807, 2.05) is 6.07 Å². The number of rotatable bonds is 5. The summed E-state index contributed by atoms with van der Waals surface area (Å²) in [6.07, 6.45) is 2.63. The van der Waals surface area contributed by atoms with Crippen molar-refractivity contribution in [3.63, 3.8) is 0 Å². The normalized spacial score (nSPS) is 11.1. The van der Waals surface area contributed by atoms with E-state index in [2.05, 4.69) is 4.98 Å². The van der Waals surface area contributed by atoms with Crippen molar-refractivity contribution < 1.29 is 18.4 Å². The van der Waals surface area contributed by atoms with E-state index >= 15 is 0 Å². The predicted octanol–water partition coefficient (Wildman–Crippen LogP) is 4.35. The van der Waals surface area contributed by atoms with E-state index in [1.54, 1.807) is 17.5 Å². The number of benzene rings is 1. The molecular formula is C19H12FN3O3S. The van der Waals surface area contributed by atoms with Crippen LogP contribution in [-0.4, -0.2) is 16.7 Å². The second-order valence-corrected chi connectivity index (χ2v) is 6.17. The fourth-order valence-corrected chi connectivity index (χ4v) is 3.16. The van der Waals surface area contributed by atoms with Gasteiger partial charge in [0.2, 0.25) is 11.7 Å². The summed E-state index contributed by atoms with van der Waals surface area (Å²) in [7, 11) is 0. The third-order valence-electron chi connectivity index (χ3n) is 3.51. The zero-order valence-electron chi connectivity index (χ0n) is 14.0. The summed E-state index contributed by atoms with van der Waals surface area (Å²) in [6, 6.07) is 10.7. The molecule has 1 aromatic carbocycles. The summed E-state index contributed by atoms with van der Waals surface area (Å²) in [5.41, 5.74) is 0.207. The molecule has 134 valence electrons. The van der Waals surface area contributed by atoms with E-state index in [1.165, 1.54) is 43.5 Å². The van der Waals surface area contributed by atoms with Gasteiger partial charge in [0.25, 0.3) is 0 Å². The lowest BCUT2D eigenvalue weighted by Crippen LogP contribution is -2.23. The Morgan fingerprint density at radius 3 is 2.70 bits per heavy atom. The number of aromatic nitrogens is 1. The molecule has 0 radical (unpaired) electrons. The van der Waals surface area contributed by atoms with Gasteiger partial charge in [-0.1, -0.05) is 12.1 Å². The molecule has 0 N–H and O–H groups in total. The van der Waals surface area contributed by atoms with Crippen LogP contribution in [0, 0.1) is 17.1 Å². The average molecular weight is 381 g/mol. The first-order valence-corrected chi connectivity index (χ1v) is 8.60. The van der Waals surface area contributed by atoms with Crippen LogP contribution < -0.4 is 4.90 Å². The highest BCUT2D eigenvalue weighted by Crippen LogP contribution is 2.31. The third kappa shape index (κ3) is 3.83. The summed E-state index contributed by atoms with van der Waals surface area (Å²) < 4.78 is 19.1. The Bertz CT molecular complexity index is 1060. The molecule has 0 unspecified atom stereocenters. The van der Waals surface area contributed by atoms with Crippen LogP contribution >= 0.6 is 11.3 Å². The largest absolute Gasteiger partial charge is 0.461 e. The average Bonchev–Trinajstić information content (AvgIpc) is 3.33. The molecule has 3 rings (SSSR count). The number of halogens is 1. The minimum atomic E-state index is -0.574. The molecule has 8 heteroatoms. The van der Waals surface area contributed by atoms with Gasteiger partial charge in [-0.2, -0.15) is 5.26 Å². The topological polar surface area (TPSA) is 87.2 Å². The van der Waals surface area contributed by atoms with Crippen molar-refractivity contribution >= 4 is 39.9 Å². The lowest BCUT2D eigenvalue weighted by atomic mass is 10.1. The number of allylic oxidation sites excluding steroid dienone is 1. The molecule has 0 bridgehead atoms. The highest BCUT2D eigenvalue weighted by molar-refractivity contribution is 7.14. The molecule has 0 atom stereocenters. The summed E-state index contributed by atoms with van der Waals surface area (Å²) >= 11 is 1.09. The number of nitrogens with zero attached hydrogens (tertiary/aromatic N) is 3. The fourth-order valence-electron chi connectivity index (χ4n) is 2.32. The number of thiazole rings is 1. The number of carbonyl (C=O) groups is 2. The number of para-hydroxylation sites is 1. The predicted molar refractivity (Wildman–Crippen MR) is 98.0 cm³/mol. The van der Waals surface area contributed by atoms with E-state index in [9.17, 15) is 19.2 Å². The quantitative estimate of drug-likeness (QED) is 0.372. The van der Waals surface area contributed by atoms with Crippen molar-refractivity contribution in [1.82, 2.24) is 4.98 Å². The molecule has 0 saturated heterocycles. The van der Waals surface area contributed by atoms with Gasteiger partial charge >= 0.3 is 0 Å². The second kappa shape index (κ2) is 7.76. The van der Waals surface area contributed by atoms with Gasteiger partial charge in [0.1, 0.15) is 17.5 Å². The molecule has 6 nitrogen and oxygen atoms in total. The highest BCUT2D eigenvalue weighted by atomic mass is 32.1. The summed E-state index contributed by atoms with van der Waals surface area (Å²) in [6.45, 7) is 1.30. The number of carbonyl (C=O) groups excluding carboxylic acids is 2. The monoisotopic (exact) mass is 381 g/mol. The zero-order valence-corrected chi connectivity index (χ0v) is 14.9. The Balaban J connectivity index is 1.95. The third-order valence-corrected chi connectivity index (χ3v) is 4.36. The first-order valence-electron chi connectivity index (χ1n) is 7.72. The Morgan fingerprint density at radius 2 is 2.07 bits per heavy atom. The number of hydrogen-bond acceptors (Lipinski definition) is 6. The number of furan rings is 1. The minimum absolute atomic E-state index is 0.0370. The van der Waals surface area contributed by atoms with Gasteiger partial charge in [-0.3, -0.25) is 14.5 Å². The standard InChI is InChI=1S/C19H12FN3O3S/c1-12(24)23(16-6-3-2-5-15(16)20)19-22-14(11-27-19)9-13(10-21)18(25)17-7-4-8-26-17/h2-9,11H,1H3/b13-9+. The van der Waals surface area contributed by atoms with Crippen LogP contribution in [0.4, 0.5) is 15.2 Å².